The van der Waals surface area contributed by atoms with Gasteiger partial charge in [0.05, 0.1) is 16.7 Å². The van der Waals surface area contributed by atoms with E-state index in [1.54, 1.807) is 20.8 Å². The Morgan fingerprint density at radius 2 is 1.95 bits per heavy atom. The number of carbonyl (C=O) groups excluding carboxylic acids is 2. The molecule has 0 spiro atoms. The van der Waals surface area contributed by atoms with Crippen LogP contribution in [0.1, 0.15) is 29.9 Å². The number of carbonyl (C=O) groups is 2. The summed E-state index contributed by atoms with van der Waals surface area (Å²) in [5.74, 6) is -2.10. The van der Waals surface area contributed by atoms with Gasteiger partial charge in [0.2, 0.25) is 5.91 Å². The van der Waals surface area contributed by atoms with Gasteiger partial charge in [-0.05, 0) is 27.2 Å². The summed E-state index contributed by atoms with van der Waals surface area (Å²) in [5.41, 5.74) is -0.836. The first-order valence-electron chi connectivity index (χ1n) is 7.01. The van der Waals surface area contributed by atoms with E-state index in [9.17, 15) is 22.6 Å². The average molecular weight is 350 g/mol. The van der Waals surface area contributed by atoms with Gasteiger partial charge < -0.3 is 25.0 Å². The van der Waals surface area contributed by atoms with Crippen molar-refractivity contribution in [2.75, 3.05) is 18.9 Å². The molecule has 2 amide bonds. The fourth-order valence-corrected chi connectivity index (χ4v) is 1.41. The van der Waals surface area contributed by atoms with E-state index in [1.165, 1.54) is 0 Å². The third-order valence-corrected chi connectivity index (χ3v) is 2.58. The largest absolute Gasteiger partial charge is 1.00 e. The quantitative estimate of drug-likeness (QED) is 0.313. The molecule has 0 heterocycles. The van der Waals surface area contributed by atoms with Crippen molar-refractivity contribution in [3.05, 3.63) is 0 Å². The molecule has 0 aliphatic heterocycles. The minimum atomic E-state index is -4.64. The SMILES string of the molecule is [2H]C([2H])(CCS(=O)(=O)[O-])NC(=O)[C@H](CO)NC(=O)OC(C)(C)C.[Na+]. The van der Waals surface area contributed by atoms with Crippen LogP contribution in [0.5, 0.6) is 0 Å². The summed E-state index contributed by atoms with van der Waals surface area (Å²) in [7, 11) is -4.64. The number of aliphatic hydroxyl groups is 1. The minimum absolute atomic E-state index is 0. The molecule has 22 heavy (non-hydrogen) atoms. The molecule has 0 saturated carbocycles. The van der Waals surface area contributed by atoms with Crippen LogP contribution in [-0.2, 0) is 19.6 Å². The molecule has 124 valence electrons. The Kier molecular flexibility index (Phi) is 9.29. The summed E-state index contributed by atoms with van der Waals surface area (Å²) in [6.45, 7) is 1.42. The van der Waals surface area contributed by atoms with Gasteiger partial charge in [0.25, 0.3) is 0 Å². The molecule has 0 saturated heterocycles. The van der Waals surface area contributed by atoms with Crippen molar-refractivity contribution in [1.82, 2.24) is 10.6 Å². The van der Waals surface area contributed by atoms with Crippen LogP contribution in [0.15, 0.2) is 0 Å². The van der Waals surface area contributed by atoms with Gasteiger partial charge in [0.15, 0.2) is 0 Å². The molecule has 0 bridgehead atoms. The number of ether oxygens (including phenoxy) is 1. The van der Waals surface area contributed by atoms with Crippen LogP contribution >= 0.6 is 0 Å². The molecular weight excluding hydrogens is 327 g/mol. The third kappa shape index (κ3) is 13.3. The summed E-state index contributed by atoms with van der Waals surface area (Å²) in [6, 6.07) is -1.50. The van der Waals surface area contributed by atoms with Gasteiger partial charge in [0, 0.05) is 15.0 Å². The Balaban J connectivity index is 0. The van der Waals surface area contributed by atoms with Gasteiger partial charge in [-0.25, -0.2) is 13.2 Å². The first-order valence-corrected chi connectivity index (χ1v) is 7.59. The predicted octanol–water partition coefficient (Wildman–Crippen LogP) is -4.07. The maximum absolute atomic E-state index is 11.8. The smallest absolute Gasteiger partial charge is 0.748 e. The molecule has 11 heteroatoms. The van der Waals surface area contributed by atoms with E-state index >= 15 is 0 Å². The third-order valence-electron chi connectivity index (χ3n) is 1.88. The Hall–Kier alpha value is -0.390. The van der Waals surface area contributed by atoms with Gasteiger partial charge in [-0.15, -0.1) is 0 Å². The summed E-state index contributed by atoms with van der Waals surface area (Å²) in [4.78, 5) is 23.3. The number of hydrogen-bond donors (Lipinski definition) is 3. The van der Waals surface area contributed by atoms with Crippen molar-refractivity contribution in [2.45, 2.75) is 38.8 Å². The number of rotatable bonds is 7. The van der Waals surface area contributed by atoms with E-state index in [0.29, 0.717) is 0 Å². The van der Waals surface area contributed by atoms with E-state index < -0.39 is 59.0 Å². The van der Waals surface area contributed by atoms with Crippen molar-refractivity contribution in [3.8, 4) is 0 Å². The molecule has 0 aromatic heterocycles. The molecule has 3 N–H and O–H groups in total. The first-order chi connectivity index (χ1) is 10.2. The molecule has 0 unspecified atom stereocenters. The Morgan fingerprint density at radius 3 is 2.36 bits per heavy atom. The molecule has 0 aromatic rings. The number of nitrogens with one attached hydrogen (secondary N) is 2. The molecule has 0 aliphatic carbocycles. The van der Waals surface area contributed by atoms with E-state index in [-0.39, 0.29) is 29.6 Å². The molecule has 0 aliphatic rings. The number of hydrogen-bond acceptors (Lipinski definition) is 7. The fraction of sp³-hybridized carbons (Fsp3) is 0.818. The summed E-state index contributed by atoms with van der Waals surface area (Å²) < 4.78 is 51.2. The monoisotopic (exact) mass is 350 g/mol. The van der Waals surface area contributed by atoms with Crippen molar-refractivity contribution < 1.29 is 64.7 Å². The van der Waals surface area contributed by atoms with Crippen LogP contribution in [0, 0.1) is 0 Å². The summed E-state index contributed by atoms with van der Waals surface area (Å²) in [5, 5.41) is 13.0. The zero-order chi connectivity index (χ0) is 18.5. The van der Waals surface area contributed by atoms with Crippen LogP contribution in [0.2, 0.25) is 0 Å². The Labute approximate surface area is 155 Å². The van der Waals surface area contributed by atoms with Gasteiger partial charge in [-0.2, -0.15) is 0 Å². The second-order valence-corrected chi connectivity index (χ2v) is 6.58. The van der Waals surface area contributed by atoms with E-state index in [1.807, 2.05) is 10.6 Å². The van der Waals surface area contributed by atoms with Crippen molar-refractivity contribution in [1.29, 1.82) is 0 Å². The second-order valence-electron chi connectivity index (χ2n) is 5.06. The van der Waals surface area contributed by atoms with E-state index in [4.69, 9.17) is 12.6 Å². The van der Waals surface area contributed by atoms with Crippen LogP contribution < -0.4 is 40.2 Å². The molecule has 1 atom stereocenters. The first kappa shape index (κ1) is 19.7. The minimum Gasteiger partial charge on any atom is -0.748 e. The number of amides is 2. The van der Waals surface area contributed by atoms with Gasteiger partial charge in [-0.3, -0.25) is 4.79 Å². The maximum atomic E-state index is 11.8. The van der Waals surface area contributed by atoms with Gasteiger partial charge in [0.1, 0.15) is 11.6 Å². The molecule has 0 fully saturated rings. The second kappa shape index (κ2) is 10.4. The number of aliphatic hydroxyl groups excluding tert-OH is 1. The summed E-state index contributed by atoms with van der Waals surface area (Å²) >= 11 is 0. The zero-order valence-corrected chi connectivity index (χ0v) is 15.8. The van der Waals surface area contributed by atoms with Crippen LogP contribution in [0.25, 0.3) is 0 Å². The normalized spacial score (nSPS) is 14.8. The maximum Gasteiger partial charge on any atom is 1.00 e. The topological polar surface area (TPSA) is 145 Å². The average Bonchev–Trinajstić information content (AvgIpc) is 2.30. The van der Waals surface area contributed by atoms with Crippen LogP contribution in [0.3, 0.4) is 0 Å². The van der Waals surface area contributed by atoms with Crippen molar-refractivity contribution >= 4 is 22.1 Å². The Bertz CT molecular complexity index is 537. The standard InChI is InChI=1S/C11H22N2O7S.Na/c1-11(2,3)20-10(16)13-8(7-14)9(15)12-5-4-6-21(17,18)19;/h8,14H,4-7H2,1-3H3,(H,12,15)(H,13,16)(H,17,18,19);/q;+1/p-1/t8-;/m0./s1/i5D2;. The molecular formula is C11H21N2NaO7S. The summed E-state index contributed by atoms with van der Waals surface area (Å²) in [6.07, 6.45) is -1.76. The van der Waals surface area contributed by atoms with E-state index in [2.05, 4.69) is 0 Å². The van der Waals surface area contributed by atoms with Gasteiger partial charge >= 0.3 is 35.7 Å². The van der Waals surface area contributed by atoms with E-state index in [0.717, 1.165) is 0 Å². The molecule has 0 radical (unpaired) electrons. The predicted molar refractivity (Wildman–Crippen MR) is 72.4 cm³/mol. The van der Waals surface area contributed by atoms with Crippen molar-refractivity contribution in [2.24, 2.45) is 0 Å². The molecule has 0 aromatic carbocycles. The number of alkyl carbamates (subject to hydrolysis) is 1. The van der Waals surface area contributed by atoms with Crippen molar-refractivity contribution in [3.63, 3.8) is 0 Å². The fourth-order valence-electron chi connectivity index (χ4n) is 1.06. The molecule has 9 nitrogen and oxygen atoms in total. The Morgan fingerprint density at radius 1 is 1.41 bits per heavy atom. The van der Waals surface area contributed by atoms with Crippen LogP contribution in [-0.4, -0.2) is 60.6 Å². The van der Waals surface area contributed by atoms with Gasteiger partial charge in [-0.1, -0.05) is 0 Å². The molecule has 0 rings (SSSR count). The zero-order valence-electron chi connectivity index (χ0n) is 15.0. The van der Waals surface area contributed by atoms with Crippen LogP contribution in [0.4, 0.5) is 4.79 Å².